The van der Waals surface area contributed by atoms with E-state index in [1.54, 1.807) is 11.3 Å². The van der Waals surface area contributed by atoms with Gasteiger partial charge in [-0.15, -0.1) is 11.3 Å². The molecule has 1 saturated heterocycles. The maximum atomic E-state index is 12.9. The molecule has 0 atom stereocenters. The van der Waals surface area contributed by atoms with Crippen molar-refractivity contribution in [1.82, 2.24) is 10.2 Å². The van der Waals surface area contributed by atoms with Crippen molar-refractivity contribution in [1.29, 1.82) is 5.26 Å². The van der Waals surface area contributed by atoms with Crippen LogP contribution >= 0.6 is 11.3 Å². The molecule has 1 fully saturated rings. The standard InChI is InChI=1S/C28H29N3O2S/c1-20-2-4-22(5-3-20)18-30-27(32)25-16-24-10-15-33-28(26(24)34-25)11-13-31(14-12-28)19-23-8-6-21(17-29)7-9-23/h2-9,16H,10-15,18-19H2,1H3,(H,30,32). The molecule has 0 unspecified atom stereocenters. The molecule has 0 aliphatic carbocycles. The Morgan fingerprint density at radius 3 is 2.53 bits per heavy atom. The van der Waals surface area contributed by atoms with Gasteiger partial charge in [-0.1, -0.05) is 42.0 Å². The molecule has 174 valence electrons. The topological polar surface area (TPSA) is 65.4 Å². The number of ether oxygens (including phenoxy) is 1. The van der Waals surface area contributed by atoms with Crippen LogP contribution in [0.15, 0.2) is 54.6 Å². The number of aryl methyl sites for hydroxylation is 1. The van der Waals surface area contributed by atoms with Crippen LogP contribution < -0.4 is 5.32 Å². The van der Waals surface area contributed by atoms with Crippen molar-refractivity contribution >= 4 is 17.2 Å². The minimum absolute atomic E-state index is 0.00613. The van der Waals surface area contributed by atoms with E-state index in [0.29, 0.717) is 18.7 Å². The predicted octanol–water partition coefficient (Wildman–Crippen LogP) is 4.92. The van der Waals surface area contributed by atoms with E-state index in [1.165, 1.54) is 21.6 Å². The first kappa shape index (κ1) is 22.8. The molecule has 2 aliphatic heterocycles. The van der Waals surface area contributed by atoms with Crippen LogP contribution in [-0.4, -0.2) is 30.5 Å². The fourth-order valence-electron chi connectivity index (χ4n) is 4.90. The van der Waals surface area contributed by atoms with Crippen LogP contribution in [0.1, 0.15) is 55.2 Å². The van der Waals surface area contributed by atoms with Crippen LogP contribution in [0.2, 0.25) is 0 Å². The maximum absolute atomic E-state index is 12.9. The number of thiophene rings is 1. The first-order valence-corrected chi connectivity index (χ1v) is 12.7. The van der Waals surface area contributed by atoms with E-state index < -0.39 is 0 Å². The van der Waals surface area contributed by atoms with Gasteiger partial charge in [0.15, 0.2) is 0 Å². The van der Waals surface area contributed by atoms with Gasteiger partial charge in [0, 0.05) is 31.1 Å². The highest BCUT2D eigenvalue weighted by Gasteiger charge is 2.42. The fraction of sp³-hybridized carbons (Fsp3) is 0.357. The highest BCUT2D eigenvalue weighted by Crippen LogP contribution is 2.45. The summed E-state index contributed by atoms with van der Waals surface area (Å²) in [5, 5.41) is 12.1. The van der Waals surface area contributed by atoms with Crippen molar-refractivity contribution < 1.29 is 9.53 Å². The summed E-state index contributed by atoms with van der Waals surface area (Å²) < 4.78 is 6.41. The molecule has 0 bridgehead atoms. The molecule has 5 nitrogen and oxygen atoms in total. The third-order valence-corrected chi connectivity index (χ3v) is 8.28. The van der Waals surface area contributed by atoms with Gasteiger partial charge in [0.2, 0.25) is 0 Å². The largest absolute Gasteiger partial charge is 0.369 e. The van der Waals surface area contributed by atoms with E-state index in [-0.39, 0.29) is 11.5 Å². The molecule has 0 saturated carbocycles. The Balaban J connectivity index is 1.23. The second-order valence-electron chi connectivity index (χ2n) is 9.31. The average Bonchev–Trinajstić information content (AvgIpc) is 3.32. The molecule has 1 spiro atoms. The third kappa shape index (κ3) is 4.78. The molecule has 1 aromatic heterocycles. The molecule has 3 heterocycles. The molecule has 2 aliphatic rings. The van der Waals surface area contributed by atoms with Crippen LogP contribution in [-0.2, 0) is 29.8 Å². The number of likely N-dealkylation sites (tertiary alicyclic amines) is 1. The smallest absolute Gasteiger partial charge is 0.261 e. The number of nitrogens with zero attached hydrogens (tertiary/aromatic N) is 2. The molecule has 1 amide bonds. The van der Waals surface area contributed by atoms with Crippen LogP contribution in [0.4, 0.5) is 0 Å². The minimum Gasteiger partial charge on any atom is -0.369 e. The molecule has 1 N–H and O–H groups in total. The second kappa shape index (κ2) is 9.71. The van der Waals surface area contributed by atoms with Crippen LogP contribution in [0, 0.1) is 18.3 Å². The first-order chi connectivity index (χ1) is 16.5. The lowest BCUT2D eigenvalue weighted by Crippen LogP contribution is -2.45. The number of hydrogen-bond acceptors (Lipinski definition) is 5. The van der Waals surface area contributed by atoms with Gasteiger partial charge in [0.25, 0.3) is 5.91 Å². The van der Waals surface area contributed by atoms with Gasteiger partial charge in [-0.3, -0.25) is 9.69 Å². The van der Waals surface area contributed by atoms with Crippen LogP contribution in [0.3, 0.4) is 0 Å². The number of rotatable bonds is 5. The normalized spacial score (nSPS) is 17.2. The van der Waals surface area contributed by atoms with Crippen molar-refractivity contribution in [3.05, 3.63) is 92.2 Å². The number of nitrogens with one attached hydrogen (secondary N) is 1. The van der Waals surface area contributed by atoms with Crippen molar-refractivity contribution in [2.24, 2.45) is 0 Å². The van der Waals surface area contributed by atoms with E-state index in [4.69, 9.17) is 10.00 Å². The Labute approximate surface area is 205 Å². The van der Waals surface area contributed by atoms with Crippen LogP contribution in [0.5, 0.6) is 0 Å². The summed E-state index contributed by atoms with van der Waals surface area (Å²) in [6, 6.07) is 20.4. The number of fused-ring (bicyclic) bond motifs is 2. The quantitative estimate of drug-likeness (QED) is 0.574. The monoisotopic (exact) mass is 471 g/mol. The second-order valence-corrected chi connectivity index (χ2v) is 10.4. The van der Waals surface area contributed by atoms with Crippen molar-refractivity contribution in [2.45, 2.75) is 44.9 Å². The predicted molar refractivity (Wildman–Crippen MR) is 134 cm³/mol. The molecule has 5 rings (SSSR count). The summed E-state index contributed by atoms with van der Waals surface area (Å²) in [6.45, 7) is 6.09. The first-order valence-electron chi connectivity index (χ1n) is 11.9. The fourth-order valence-corrected chi connectivity index (χ4v) is 6.22. The number of piperidine rings is 1. The van der Waals surface area contributed by atoms with Gasteiger partial charge in [-0.25, -0.2) is 0 Å². The summed E-state index contributed by atoms with van der Waals surface area (Å²) in [5.74, 6) is -0.00613. The summed E-state index contributed by atoms with van der Waals surface area (Å²) >= 11 is 1.61. The molecular formula is C28H29N3O2S. The SMILES string of the molecule is Cc1ccc(CNC(=O)c2cc3c(s2)C2(CCN(Cc4ccc(C#N)cc4)CC2)OCC3)cc1. The molecule has 3 aromatic rings. The van der Waals surface area contributed by atoms with Gasteiger partial charge >= 0.3 is 0 Å². The number of carbonyl (C=O) groups is 1. The Morgan fingerprint density at radius 1 is 1.12 bits per heavy atom. The van der Waals surface area contributed by atoms with Crippen molar-refractivity contribution in [2.75, 3.05) is 19.7 Å². The molecular weight excluding hydrogens is 442 g/mol. The Kier molecular flexibility index (Phi) is 6.51. The summed E-state index contributed by atoms with van der Waals surface area (Å²) in [6.07, 6.45) is 2.73. The summed E-state index contributed by atoms with van der Waals surface area (Å²) in [5.41, 5.74) is 5.25. The van der Waals surface area contributed by atoms with Crippen molar-refractivity contribution in [3.8, 4) is 6.07 Å². The number of benzene rings is 2. The number of nitriles is 1. The molecule has 0 radical (unpaired) electrons. The molecule has 2 aromatic carbocycles. The average molecular weight is 472 g/mol. The zero-order valence-electron chi connectivity index (χ0n) is 19.5. The van der Waals surface area contributed by atoms with E-state index in [0.717, 1.165) is 49.3 Å². The van der Waals surface area contributed by atoms with E-state index in [2.05, 4.69) is 53.5 Å². The van der Waals surface area contributed by atoms with E-state index in [9.17, 15) is 4.79 Å². The zero-order chi connectivity index (χ0) is 23.5. The number of hydrogen-bond donors (Lipinski definition) is 1. The lowest BCUT2D eigenvalue weighted by atomic mass is 9.85. The Hall–Kier alpha value is -2.98. The highest BCUT2D eigenvalue weighted by molar-refractivity contribution is 7.14. The maximum Gasteiger partial charge on any atom is 0.261 e. The van der Waals surface area contributed by atoms with Gasteiger partial charge < -0.3 is 10.1 Å². The van der Waals surface area contributed by atoms with Gasteiger partial charge in [0.05, 0.1) is 23.1 Å². The zero-order valence-corrected chi connectivity index (χ0v) is 20.3. The minimum atomic E-state index is -0.269. The van der Waals surface area contributed by atoms with Crippen LogP contribution in [0.25, 0.3) is 0 Å². The Morgan fingerprint density at radius 2 is 1.82 bits per heavy atom. The highest BCUT2D eigenvalue weighted by atomic mass is 32.1. The third-order valence-electron chi connectivity index (χ3n) is 6.92. The van der Waals surface area contributed by atoms with E-state index in [1.807, 2.05) is 24.3 Å². The summed E-state index contributed by atoms with van der Waals surface area (Å²) in [7, 11) is 0. The molecule has 6 heteroatoms. The summed E-state index contributed by atoms with van der Waals surface area (Å²) in [4.78, 5) is 17.4. The lowest BCUT2D eigenvalue weighted by molar-refractivity contribution is -0.0960. The lowest BCUT2D eigenvalue weighted by Gasteiger charge is -2.43. The number of carbonyl (C=O) groups excluding carboxylic acids is 1. The Bertz CT molecular complexity index is 1200. The number of amides is 1. The van der Waals surface area contributed by atoms with Gasteiger partial charge in [-0.2, -0.15) is 5.26 Å². The van der Waals surface area contributed by atoms with Gasteiger partial charge in [0.1, 0.15) is 5.60 Å². The van der Waals surface area contributed by atoms with Crippen molar-refractivity contribution in [3.63, 3.8) is 0 Å². The van der Waals surface area contributed by atoms with E-state index >= 15 is 0 Å². The molecule has 34 heavy (non-hydrogen) atoms. The van der Waals surface area contributed by atoms with Gasteiger partial charge in [-0.05, 0) is 61.1 Å².